The lowest BCUT2D eigenvalue weighted by molar-refractivity contribution is -0.146. The Hall–Kier alpha value is -1.89. The summed E-state index contributed by atoms with van der Waals surface area (Å²) in [6.45, 7) is 1.86. The Morgan fingerprint density at radius 2 is 2.24 bits per heavy atom. The zero-order valence-corrected chi connectivity index (χ0v) is 9.58. The molecule has 0 radical (unpaired) electrons. The zero-order chi connectivity index (χ0) is 13.0. The van der Waals surface area contributed by atoms with E-state index >= 15 is 0 Å². The van der Waals surface area contributed by atoms with Gasteiger partial charge in [0.05, 0.1) is 6.61 Å². The highest BCUT2D eigenvalue weighted by Gasteiger charge is 2.22. The van der Waals surface area contributed by atoms with Gasteiger partial charge in [0.15, 0.2) is 11.8 Å². The van der Waals surface area contributed by atoms with Crippen LogP contribution in [0.25, 0.3) is 0 Å². The fraction of sp³-hybridized carbons (Fsp3) is 0.500. The van der Waals surface area contributed by atoms with Crippen molar-refractivity contribution in [2.75, 3.05) is 6.61 Å². The Bertz CT molecular complexity index is 426. The monoisotopic (exact) mass is 242 g/mol. The van der Waals surface area contributed by atoms with Crippen LogP contribution in [0, 0.1) is 0 Å². The van der Waals surface area contributed by atoms with Gasteiger partial charge in [0.2, 0.25) is 0 Å². The van der Waals surface area contributed by atoms with Crippen LogP contribution >= 0.6 is 0 Å². The third kappa shape index (κ3) is 3.28. The second-order valence-corrected chi connectivity index (χ2v) is 3.46. The molecule has 7 heteroatoms. The van der Waals surface area contributed by atoms with Gasteiger partial charge in [-0.25, -0.2) is 9.59 Å². The van der Waals surface area contributed by atoms with Crippen LogP contribution in [0.1, 0.15) is 23.0 Å². The van der Waals surface area contributed by atoms with Crippen molar-refractivity contribution in [3.63, 3.8) is 0 Å². The minimum absolute atomic E-state index is 0.0367. The van der Waals surface area contributed by atoms with Crippen LogP contribution in [0.15, 0.2) is 6.20 Å². The normalized spacial score (nSPS) is 12.2. The molecule has 0 saturated heterocycles. The number of carboxylic acids is 1. The van der Waals surface area contributed by atoms with Crippen LogP contribution < -0.4 is 0 Å². The highest BCUT2D eigenvalue weighted by molar-refractivity contribution is 5.89. The molecular formula is C10H14N2O5. The number of ether oxygens (including phenoxy) is 1. The smallest absolute Gasteiger partial charge is 0.359 e. The zero-order valence-electron chi connectivity index (χ0n) is 9.58. The molecule has 0 aliphatic carbocycles. The minimum atomic E-state index is -1.56. The molecule has 7 nitrogen and oxygen atoms in total. The van der Waals surface area contributed by atoms with E-state index in [2.05, 4.69) is 5.10 Å². The Balaban J connectivity index is 2.91. The first-order valence-corrected chi connectivity index (χ1v) is 5.06. The fourth-order valence-corrected chi connectivity index (χ4v) is 1.35. The van der Waals surface area contributed by atoms with Crippen molar-refractivity contribution < 1.29 is 24.5 Å². The summed E-state index contributed by atoms with van der Waals surface area (Å²) in [5.41, 5.74) is 0.385. The number of carboxylic acid groups (broad SMARTS) is 1. The predicted octanol–water partition coefficient (Wildman–Crippen LogP) is -0.415. The van der Waals surface area contributed by atoms with Crippen molar-refractivity contribution >= 4 is 11.9 Å². The minimum Gasteiger partial charge on any atom is -0.479 e. The second kappa shape index (κ2) is 5.44. The number of carbonyl (C=O) groups is 2. The lowest BCUT2D eigenvalue weighted by Gasteiger charge is -2.04. The third-order valence-corrected chi connectivity index (χ3v) is 2.07. The number of aromatic nitrogens is 2. The number of aliphatic hydroxyl groups excluding tert-OH is 1. The van der Waals surface area contributed by atoms with Gasteiger partial charge in [-0.3, -0.25) is 4.68 Å². The maximum Gasteiger partial charge on any atom is 0.359 e. The molecule has 1 rings (SSSR count). The van der Waals surface area contributed by atoms with E-state index in [1.807, 2.05) is 0 Å². The van der Waals surface area contributed by atoms with Crippen LogP contribution in [0.5, 0.6) is 0 Å². The Kier molecular flexibility index (Phi) is 4.22. The van der Waals surface area contributed by atoms with Crippen molar-refractivity contribution in [1.82, 2.24) is 9.78 Å². The first-order valence-electron chi connectivity index (χ1n) is 5.06. The molecule has 0 saturated carbocycles. The van der Waals surface area contributed by atoms with Crippen LogP contribution in [-0.2, 0) is 23.0 Å². The molecule has 0 spiro atoms. The molecule has 0 bridgehead atoms. The molecule has 0 aliphatic rings. The summed E-state index contributed by atoms with van der Waals surface area (Å²) in [7, 11) is 1.60. The summed E-state index contributed by atoms with van der Waals surface area (Å²) in [5.74, 6) is -1.97. The molecular weight excluding hydrogens is 228 g/mol. The van der Waals surface area contributed by atoms with Gasteiger partial charge < -0.3 is 14.9 Å². The maximum atomic E-state index is 11.5. The van der Waals surface area contributed by atoms with E-state index in [0.29, 0.717) is 5.56 Å². The van der Waals surface area contributed by atoms with Gasteiger partial charge in [-0.1, -0.05) is 0 Å². The molecule has 94 valence electrons. The number of aryl methyl sites for hydroxylation is 1. The van der Waals surface area contributed by atoms with E-state index in [-0.39, 0.29) is 18.7 Å². The maximum absolute atomic E-state index is 11.5. The number of hydrogen-bond donors (Lipinski definition) is 2. The van der Waals surface area contributed by atoms with Crippen molar-refractivity contribution in [2.45, 2.75) is 19.4 Å². The quantitative estimate of drug-likeness (QED) is 0.680. The van der Waals surface area contributed by atoms with Gasteiger partial charge in [-0.15, -0.1) is 0 Å². The van der Waals surface area contributed by atoms with E-state index in [1.165, 1.54) is 10.9 Å². The fourth-order valence-electron chi connectivity index (χ4n) is 1.35. The summed E-state index contributed by atoms with van der Waals surface area (Å²) in [6.07, 6.45) is -0.261. The summed E-state index contributed by atoms with van der Waals surface area (Å²) in [4.78, 5) is 22.0. The van der Waals surface area contributed by atoms with E-state index < -0.39 is 18.0 Å². The number of carbonyl (C=O) groups excluding carboxylic acids is 1. The molecule has 0 aliphatic heterocycles. The van der Waals surface area contributed by atoms with Crippen LogP contribution in [0.3, 0.4) is 0 Å². The first kappa shape index (κ1) is 13.2. The summed E-state index contributed by atoms with van der Waals surface area (Å²) >= 11 is 0. The van der Waals surface area contributed by atoms with E-state index in [9.17, 15) is 14.7 Å². The molecule has 2 N–H and O–H groups in total. The number of nitrogens with zero attached hydrogens (tertiary/aromatic N) is 2. The Morgan fingerprint density at radius 3 is 2.76 bits per heavy atom. The number of rotatable bonds is 5. The van der Waals surface area contributed by atoms with E-state index in [1.54, 1.807) is 14.0 Å². The van der Waals surface area contributed by atoms with Gasteiger partial charge in [0.1, 0.15) is 0 Å². The summed E-state index contributed by atoms with van der Waals surface area (Å²) < 4.78 is 6.15. The van der Waals surface area contributed by atoms with Crippen molar-refractivity contribution in [1.29, 1.82) is 0 Å². The average molecular weight is 242 g/mol. The van der Waals surface area contributed by atoms with Crippen LogP contribution in [-0.4, -0.2) is 44.6 Å². The molecule has 0 aromatic carbocycles. The van der Waals surface area contributed by atoms with Gasteiger partial charge in [0.25, 0.3) is 0 Å². The van der Waals surface area contributed by atoms with Gasteiger partial charge >= 0.3 is 11.9 Å². The van der Waals surface area contributed by atoms with Crippen LogP contribution in [0.4, 0.5) is 0 Å². The summed E-state index contributed by atoms with van der Waals surface area (Å²) in [5, 5.41) is 21.7. The van der Waals surface area contributed by atoms with Crippen molar-refractivity contribution in [2.24, 2.45) is 7.05 Å². The molecule has 1 unspecified atom stereocenters. The van der Waals surface area contributed by atoms with Gasteiger partial charge in [-0.2, -0.15) is 5.10 Å². The molecule has 1 aromatic rings. The average Bonchev–Trinajstić information content (AvgIpc) is 2.59. The van der Waals surface area contributed by atoms with Crippen molar-refractivity contribution in [3.8, 4) is 0 Å². The number of esters is 1. The predicted molar refractivity (Wildman–Crippen MR) is 56.5 cm³/mol. The van der Waals surface area contributed by atoms with Gasteiger partial charge in [0, 0.05) is 25.2 Å². The molecule has 17 heavy (non-hydrogen) atoms. The molecule has 1 aromatic heterocycles. The highest BCUT2D eigenvalue weighted by Crippen LogP contribution is 2.11. The largest absolute Gasteiger partial charge is 0.479 e. The second-order valence-electron chi connectivity index (χ2n) is 3.46. The third-order valence-electron chi connectivity index (χ3n) is 2.07. The number of aliphatic hydroxyl groups is 1. The molecule has 1 atom stereocenters. The first-order chi connectivity index (χ1) is 7.95. The number of aliphatic carboxylic acids is 1. The van der Waals surface area contributed by atoms with Crippen molar-refractivity contribution in [3.05, 3.63) is 17.5 Å². The molecule has 0 amide bonds. The Morgan fingerprint density at radius 1 is 1.59 bits per heavy atom. The molecule has 0 fully saturated rings. The van der Waals surface area contributed by atoms with Crippen LogP contribution in [0.2, 0.25) is 0 Å². The summed E-state index contributed by atoms with van der Waals surface area (Å²) in [6, 6.07) is 0. The SMILES string of the molecule is CCOC(=O)c1nn(C)cc1CC(O)C(=O)O. The number of hydrogen-bond acceptors (Lipinski definition) is 5. The lowest BCUT2D eigenvalue weighted by atomic mass is 10.1. The standard InChI is InChI=1S/C10H14N2O5/c1-3-17-10(16)8-6(5-12(2)11-8)4-7(13)9(14)15/h5,7,13H,3-4H2,1-2H3,(H,14,15). The van der Waals surface area contributed by atoms with E-state index in [4.69, 9.17) is 9.84 Å². The van der Waals surface area contributed by atoms with Gasteiger partial charge in [-0.05, 0) is 6.92 Å². The molecule has 1 heterocycles. The Labute approximate surface area is 97.6 Å². The topological polar surface area (TPSA) is 102 Å². The van der Waals surface area contributed by atoms with E-state index in [0.717, 1.165) is 0 Å². The highest BCUT2D eigenvalue weighted by atomic mass is 16.5. The lowest BCUT2D eigenvalue weighted by Crippen LogP contribution is -2.23.